The molecule has 3 unspecified atom stereocenters. The third-order valence-corrected chi connectivity index (χ3v) is 12.7. The largest absolute Gasteiger partial charge is 0.352 e. The molecule has 36 heavy (non-hydrogen) atoms. The molecule has 2 N–H and O–H groups in total. The van der Waals surface area contributed by atoms with Crippen molar-refractivity contribution in [1.29, 1.82) is 0 Å². The minimum absolute atomic E-state index is 0.0656. The van der Waals surface area contributed by atoms with Gasteiger partial charge in [0.15, 0.2) is 0 Å². The normalized spacial score (nSPS) is 30.5. The van der Waals surface area contributed by atoms with Crippen molar-refractivity contribution < 1.29 is 13.2 Å². The lowest BCUT2D eigenvalue weighted by Gasteiger charge is -2.45. The van der Waals surface area contributed by atoms with Crippen molar-refractivity contribution in [2.24, 2.45) is 16.7 Å². The number of benzene rings is 1. The van der Waals surface area contributed by atoms with Gasteiger partial charge in [-0.05, 0) is 72.8 Å². The Hall–Kier alpha value is -2.19. The molecule has 7 nitrogen and oxygen atoms in total. The average molecular weight is 511 g/mol. The van der Waals surface area contributed by atoms with Crippen LogP contribution in [0.2, 0.25) is 0 Å². The number of aromatic amines is 1. The molecule has 1 aromatic heterocycles. The van der Waals surface area contributed by atoms with Gasteiger partial charge in [-0.15, -0.1) is 0 Å². The molecule has 2 aromatic rings. The molecule has 2 heterocycles. The first-order chi connectivity index (χ1) is 17.2. The van der Waals surface area contributed by atoms with Gasteiger partial charge in [-0.1, -0.05) is 38.1 Å². The van der Waals surface area contributed by atoms with Crippen LogP contribution in [0.25, 0.3) is 0 Å². The SMILES string of the molecule is CC1(C)C2CCC1(CS(=O)(=O)N1CCC3(CCc4ccccc43)CC1)C(NC(=O)Cc1cnc[nH]1)C2. The Labute approximate surface area is 214 Å². The molecule has 194 valence electrons. The number of imidazole rings is 1. The third-order valence-electron chi connectivity index (χ3n) is 10.6. The minimum Gasteiger partial charge on any atom is -0.352 e. The summed E-state index contributed by atoms with van der Waals surface area (Å²) < 4.78 is 29.7. The molecule has 4 aliphatic rings. The van der Waals surface area contributed by atoms with Gasteiger partial charge in [-0.2, -0.15) is 0 Å². The Bertz CT molecular complexity index is 1250. The van der Waals surface area contributed by atoms with Crippen LogP contribution in [-0.2, 0) is 33.1 Å². The lowest BCUT2D eigenvalue weighted by molar-refractivity contribution is -0.122. The number of piperidine rings is 1. The number of aromatic nitrogens is 2. The highest BCUT2D eigenvalue weighted by molar-refractivity contribution is 7.89. The zero-order chi connectivity index (χ0) is 25.2. The van der Waals surface area contributed by atoms with E-state index in [9.17, 15) is 13.2 Å². The van der Waals surface area contributed by atoms with E-state index in [1.807, 2.05) is 0 Å². The number of hydrogen-bond acceptors (Lipinski definition) is 4. The molecule has 1 amide bonds. The van der Waals surface area contributed by atoms with Gasteiger partial charge in [0.1, 0.15) is 0 Å². The first kappa shape index (κ1) is 24.2. The van der Waals surface area contributed by atoms with Crippen molar-refractivity contribution in [2.45, 2.75) is 76.7 Å². The van der Waals surface area contributed by atoms with Crippen molar-refractivity contribution in [3.05, 3.63) is 53.6 Å². The quantitative estimate of drug-likeness (QED) is 0.621. The second kappa shape index (κ2) is 8.42. The first-order valence-corrected chi connectivity index (χ1v) is 15.1. The molecular formula is C28H38N4O3S. The summed E-state index contributed by atoms with van der Waals surface area (Å²) in [7, 11) is -3.46. The van der Waals surface area contributed by atoms with Gasteiger partial charge in [0.05, 0.1) is 18.5 Å². The number of carbonyl (C=O) groups is 1. The number of nitrogens with zero attached hydrogens (tertiary/aromatic N) is 2. The molecule has 1 aliphatic heterocycles. The van der Waals surface area contributed by atoms with Crippen molar-refractivity contribution in [2.75, 3.05) is 18.8 Å². The second-order valence-corrected chi connectivity index (χ2v) is 14.3. The fourth-order valence-electron chi connectivity index (χ4n) is 8.32. The number of carbonyl (C=O) groups excluding carboxylic acids is 1. The molecule has 3 aliphatic carbocycles. The molecule has 0 radical (unpaired) electrons. The van der Waals surface area contributed by atoms with Gasteiger partial charge in [0, 0.05) is 36.4 Å². The molecule has 2 saturated carbocycles. The Morgan fingerprint density at radius 1 is 1.17 bits per heavy atom. The summed E-state index contributed by atoms with van der Waals surface area (Å²) in [5.41, 5.74) is 3.22. The van der Waals surface area contributed by atoms with Gasteiger partial charge in [-0.3, -0.25) is 4.79 Å². The number of sulfonamides is 1. The monoisotopic (exact) mass is 510 g/mol. The summed E-state index contributed by atoms with van der Waals surface area (Å²) in [5, 5.41) is 3.25. The van der Waals surface area contributed by atoms with Crippen LogP contribution in [0.3, 0.4) is 0 Å². The van der Waals surface area contributed by atoms with Gasteiger partial charge < -0.3 is 10.3 Å². The standard InChI is InChI=1S/C28H38N4O3S/c1-26(2)21-8-10-28(26,24(15-21)31-25(33)16-22-17-29-19-30-22)18-36(34,35)32-13-11-27(12-14-32)9-7-20-5-3-4-6-23(20)27/h3-6,17,19,21,24H,7-16,18H2,1-2H3,(H,29,30)(H,31,33). The molecule has 1 aromatic carbocycles. The van der Waals surface area contributed by atoms with Crippen LogP contribution in [0.15, 0.2) is 36.8 Å². The molecular weight excluding hydrogens is 472 g/mol. The zero-order valence-corrected chi connectivity index (χ0v) is 22.2. The smallest absolute Gasteiger partial charge is 0.226 e. The number of H-pyrrole nitrogens is 1. The molecule has 1 spiro atoms. The van der Waals surface area contributed by atoms with E-state index in [1.165, 1.54) is 11.1 Å². The van der Waals surface area contributed by atoms with Crippen LogP contribution in [0.5, 0.6) is 0 Å². The Balaban J connectivity index is 1.19. The van der Waals surface area contributed by atoms with Gasteiger partial charge in [0.25, 0.3) is 0 Å². The summed E-state index contributed by atoms with van der Waals surface area (Å²) in [5.74, 6) is 0.496. The van der Waals surface area contributed by atoms with Crippen LogP contribution < -0.4 is 5.32 Å². The molecule has 2 bridgehead atoms. The third kappa shape index (κ3) is 3.66. The highest BCUT2D eigenvalue weighted by Crippen LogP contribution is 2.66. The van der Waals surface area contributed by atoms with Crippen LogP contribution in [0.4, 0.5) is 0 Å². The number of fused-ring (bicyclic) bond motifs is 4. The number of amides is 1. The average Bonchev–Trinajstić information content (AvgIpc) is 3.57. The zero-order valence-electron chi connectivity index (χ0n) is 21.4. The number of nitrogens with one attached hydrogen (secondary N) is 2. The van der Waals surface area contributed by atoms with E-state index < -0.39 is 15.4 Å². The summed E-state index contributed by atoms with van der Waals surface area (Å²) in [6.07, 6.45) is 10.2. The summed E-state index contributed by atoms with van der Waals surface area (Å²) in [6.45, 7) is 5.63. The predicted octanol–water partition coefficient (Wildman–Crippen LogP) is 3.57. The number of rotatable bonds is 6. The van der Waals surface area contributed by atoms with Crippen LogP contribution in [-0.4, -0.2) is 53.5 Å². The maximum absolute atomic E-state index is 13.9. The van der Waals surface area contributed by atoms with Gasteiger partial charge in [0.2, 0.25) is 15.9 Å². The minimum atomic E-state index is -3.46. The lowest BCUT2D eigenvalue weighted by Crippen LogP contribution is -2.55. The maximum atomic E-state index is 13.9. The fourth-order valence-corrected chi connectivity index (χ4v) is 10.6. The van der Waals surface area contributed by atoms with Crippen molar-refractivity contribution in [3.8, 4) is 0 Å². The first-order valence-electron chi connectivity index (χ1n) is 13.5. The van der Waals surface area contributed by atoms with E-state index in [0.29, 0.717) is 19.0 Å². The van der Waals surface area contributed by atoms with Crippen molar-refractivity contribution in [3.63, 3.8) is 0 Å². The molecule has 3 fully saturated rings. The fraction of sp³-hybridized carbons (Fsp3) is 0.643. The summed E-state index contributed by atoms with van der Waals surface area (Å²) in [6, 6.07) is 8.59. The van der Waals surface area contributed by atoms with E-state index in [1.54, 1.807) is 16.8 Å². The van der Waals surface area contributed by atoms with E-state index >= 15 is 0 Å². The van der Waals surface area contributed by atoms with Gasteiger partial charge in [-0.25, -0.2) is 17.7 Å². The topological polar surface area (TPSA) is 95.2 Å². The van der Waals surface area contributed by atoms with Crippen molar-refractivity contribution in [1.82, 2.24) is 19.6 Å². The molecule has 6 rings (SSSR count). The highest BCUT2D eigenvalue weighted by atomic mass is 32.2. The maximum Gasteiger partial charge on any atom is 0.226 e. The molecule has 8 heteroatoms. The Morgan fingerprint density at radius 3 is 2.67 bits per heavy atom. The van der Waals surface area contributed by atoms with Crippen LogP contribution in [0, 0.1) is 16.7 Å². The summed E-state index contributed by atoms with van der Waals surface area (Å²) >= 11 is 0. The van der Waals surface area contributed by atoms with E-state index in [0.717, 1.165) is 50.6 Å². The second-order valence-electron chi connectivity index (χ2n) is 12.3. The van der Waals surface area contributed by atoms with Crippen LogP contribution in [0.1, 0.15) is 69.2 Å². The van der Waals surface area contributed by atoms with Crippen LogP contribution >= 0.6 is 0 Å². The molecule has 3 atom stereocenters. The summed E-state index contributed by atoms with van der Waals surface area (Å²) in [4.78, 5) is 19.9. The van der Waals surface area contributed by atoms with E-state index in [-0.39, 0.29) is 35.0 Å². The Kier molecular flexibility index (Phi) is 5.65. The number of hydrogen-bond donors (Lipinski definition) is 2. The number of aryl methyl sites for hydroxylation is 1. The molecule has 1 saturated heterocycles. The predicted molar refractivity (Wildman–Crippen MR) is 139 cm³/mol. The van der Waals surface area contributed by atoms with E-state index in [4.69, 9.17) is 0 Å². The Morgan fingerprint density at radius 2 is 1.94 bits per heavy atom. The lowest BCUT2D eigenvalue weighted by atomic mass is 9.69. The van der Waals surface area contributed by atoms with Crippen molar-refractivity contribution >= 4 is 15.9 Å². The van der Waals surface area contributed by atoms with E-state index in [2.05, 4.69) is 53.4 Å². The van der Waals surface area contributed by atoms with Gasteiger partial charge >= 0.3 is 0 Å². The highest BCUT2D eigenvalue weighted by Gasteiger charge is 2.66.